The van der Waals surface area contributed by atoms with E-state index in [0.29, 0.717) is 12.2 Å². The molecule has 2 heterocycles. The number of hydrogen-bond acceptors (Lipinski definition) is 4. The molecule has 1 aromatic carbocycles. The number of pyridine rings is 2. The first kappa shape index (κ1) is 15.4. The second-order valence-electron chi connectivity index (χ2n) is 4.84. The summed E-state index contributed by atoms with van der Waals surface area (Å²) in [7, 11) is 0. The predicted octanol–water partition coefficient (Wildman–Crippen LogP) is 3.63. The van der Waals surface area contributed by atoms with Gasteiger partial charge in [-0.1, -0.05) is 23.9 Å². The lowest BCUT2D eigenvalue weighted by atomic mass is 10.2. The first-order chi connectivity index (χ1) is 11.2. The van der Waals surface area contributed by atoms with Crippen LogP contribution in [0.15, 0.2) is 75.4 Å². The third-order valence-corrected chi connectivity index (χ3v) is 4.35. The highest BCUT2D eigenvalue weighted by Gasteiger charge is 2.09. The Kier molecular flexibility index (Phi) is 4.48. The number of fused-ring (bicyclic) bond motifs is 1. The van der Waals surface area contributed by atoms with Crippen molar-refractivity contribution in [3.8, 4) is 0 Å². The van der Waals surface area contributed by atoms with Crippen molar-refractivity contribution in [2.75, 3.05) is 6.61 Å². The molecule has 0 unspecified atom stereocenters. The van der Waals surface area contributed by atoms with Gasteiger partial charge in [-0.3, -0.25) is 9.20 Å². The van der Waals surface area contributed by atoms with Gasteiger partial charge in [0.2, 0.25) is 0 Å². The first-order valence-electron chi connectivity index (χ1n) is 7.24. The quantitative estimate of drug-likeness (QED) is 0.687. The van der Waals surface area contributed by atoms with Gasteiger partial charge >= 0.3 is 5.97 Å². The molecule has 3 rings (SSSR count). The maximum Gasteiger partial charge on any atom is 0.338 e. The van der Waals surface area contributed by atoms with Gasteiger partial charge in [-0.2, -0.15) is 0 Å². The molecule has 0 saturated heterocycles. The number of carbonyl (C=O) groups is 1. The molecule has 0 N–H and O–H groups in total. The van der Waals surface area contributed by atoms with Crippen LogP contribution >= 0.6 is 11.8 Å². The van der Waals surface area contributed by atoms with Crippen LogP contribution in [0.1, 0.15) is 17.3 Å². The summed E-state index contributed by atoms with van der Waals surface area (Å²) >= 11 is 1.51. The third kappa shape index (κ3) is 3.29. The van der Waals surface area contributed by atoms with Gasteiger partial charge in [-0.05, 0) is 43.3 Å². The Morgan fingerprint density at radius 3 is 2.83 bits per heavy atom. The molecule has 0 amide bonds. The minimum absolute atomic E-state index is 0.0646. The maximum absolute atomic E-state index is 11.9. The minimum atomic E-state index is -0.330. The predicted molar refractivity (Wildman–Crippen MR) is 90.2 cm³/mol. The van der Waals surface area contributed by atoms with E-state index in [4.69, 9.17) is 4.74 Å². The van der Waals surface area contributed by atoms with Gasteiger partial charge in [0, 0.05) is 22.1 Å². The van der Waals surface area contributed by atoms with Crippen molar-refractivity contribution < 1.29 is 9.53 Å². The summed E-state index contributed by atoms with van der Waals surface area (Å²) in [6, 6.07) is 16.3. The Bertz CT molecular complexity index is 917. The molecule has 0 aliphatic rings. The standard InChI is InChI=1S/C18H15NO3S/c1-2-22-18(21)13-6-5-7-14(12-13)23-16-9-10-17(20)19-11-4-3-8-15(16)19/h3-12H,2H2,1H3. The van der Waals surface area contributed by atoms with E-state index >= 15 is 0 Å². The largest absolute Gasteiger partial charge is 0.462 e. The summed E-state index contributed by atoms with van der Waals surface area (Å²) in [5.74, 6) is -0.330. The van der Waals surface area contributed by atoms with Crippen LogP contribution in [0, 0.1) is 0 Å². The van der Waals surface area contributed by atoms with Crippen LogP contribution in [0.4, 0.5) is 0 Å². The van der Waals surface area contributed by atoms with Gasteiger partial charge in [0.1, 0.15) is 0 Å². The summed E-state index contributed by atoms with van der Waals surface area (Å²) in [6.07, 6.45) is 1.75. The molecule has 23 heavy (non-hydrogen) atoms. The van der Waals surface area contributed by atoms with Crippen LogP contribution in [0.5, 0.6) is 0 Å². The van der Waals surface area contributed by atoms with Crippen molar-refractivity contribution in [3.63, 3.8) is 0 Å². The molecule has 0 fully saturated rings. The second-order valence-corrected chi connectivity index (χ2v) is 5.96. The van der Waals surface area contributed by atoms with E-state index in [2.05, 4.69) is 0 Å². The topological polar surface area (TPSA) is 47.8 Å². The first-order valence-corrected chi connectivity index (χ1v) is 8.06. The summed E-state index contributed by atoms with van der Waals surface area (Å²) < 4.78 is 6.63. The number of hydrogen-bond donors (Lipinski definition) is 0. The number of nitrogens with zero attached hydrogens (tertiary/aromatic N) is 1. The van der Waals surface area contributed by atoms with Crippen LogP contribution < -0.4 is 5.56 Å². The van der Waals surface area contributed by atoms with Gasteiger partial charge in [-0.15, -0.1) is 0 Å². The molecule has 5 heteroatoms. The SMILES string of the molecule is CCOC(=O)c1cccc(Sc2ccc(=O)n3ccccc23)c1. The van der Waals surface area contributed by atoms with Crippen molar-refractivity contribution in [2.45, 2.75) is 16.7 Å². The Morgan fingerprint density at radius 1 is 1.13 bits per heavy atom. The molecule has 0 atom stereocenters. The monoisotopic (exact) mass is 325 g/mol. The summed E-state index contributed by atoms with van der Waals surface area (Å²) in [4.78, 5) is 25.6. The molecule has 4 nitrogen and oxygen atoms in total. The fourth-order valence-corrected chi connectivity index (χ4v) is 3.26. The van der Waals surface area contributed by atoms with E-state index < -0.39 is 0 Å². The lowest BCUT2D eigenvalue weighted by Crippen LogP contribution is -2.11. The number of rotatable bonds is 4. The van der Waals surface area contributed by atoms with Gasteiger partial charge < -0.3 is 4.74 Å². The normalized spacial score (nSPS) is 10.7. The van der Waals surface area contributed by atoms with Crippen LogP contribution in [-0.4, -0.2) is 17.0 Å². The van der Waals surface area contributed by atoms with Gasteiger partial charge in [0.25, 0.3) is 5.56 Å². The molecule has 3 aromatic rings. The molecule has 0 bridgehead atoms. The van der Waals surface area contributed by atoms with E-state index in [-0.39, 0.29) is 11.5 Å². The van der Waals surface area contributed by atoms with Crippen LogP contribution in [-0.2, 0) is 4.74 Å². The van der Waals surface area contributed by atoms with E-state index in [1.807, 2.05) is 30.3 Å². The highest BCUT2D eigenvalue weighted by Crippen LogP contribution is 2.30. The Labute approximate surface area is 137 Å². The van der Waals surface area contributed by atoms with Gasteiger partial charge in [0.15, 0.2) is 0 Å². The molecule has 0 saturated carbocycles. The van der Waals surface area contributed by atoms with Crippen molar-refractivity contribution in [1.29, 1.82) is 0 Å². The lowest BCUT2D eigenvalue weighted by molar-refractivity contribution is 0.0526. The fourth-order valence-electron chi connectivity index (χ4n) is 2.26. The van der Waals surface area contributed by atoms with Crippen molar-refractivity contribution in [3.05, 3.63) is 76.7 Å². The van der Waals surface area contributed by atoms with Crippen LogP contribution in [0.25, 0.3) is 5.52 Å². The van der Waals surface area contributed by atoms with E-state index in [1.165, 1.54) is 11.8 Å². The molecule has 0 radical (unpaired) electrons. The van der Waals surface area contributed by atoms with E-state index in [9.17, 15) is 9.59 Å². The smallest absolute Gasteiger partial charge is 0.338 e. The molecular weight excluding hydrogens is 310 g/mol. The Hall–Kier alpha value is -2.53. The molecular formula is C18H15NO3S. The average Bonchev–Trinajstić information content (AvgIpc) is 2.58. The zero-order valence-corrected chi connectivity index (χ0v) is 13.4. The van der Waals surface area contributed by atoms with E-state index in [0.717, 1.165) is 15.3 Å². The molecule has 0 aliphatic carbocycles. The number of benzene rings is 1. The van der Waals surface area contributed by atoms with Gasteiger partial charge in [-0.25, -0.2) is 4.79 Å². The number of aromatic nitrogens is 1. The van der Waals surface area contributed by atoms with Crippen molar-refractivity contribution in [1.82, 2.24) is 4.40 Å². The molecule has 0 spiro atoms. The van der Waals surface area contributed by atoms with Crippen molar-refractivity contribution >= 4 is 23.2 Å². The third-order valence-electron chi connectivity index (χ3n) is 3.30. The van der Waals surface area contributed by atoms with Crippen molar-refractivity contribution in [2.24, 2.45) is 0 Å². The average molecular weight is 325 g/mol. The lowest BCUT2D eigenvalue weighted by Gasteiger charge is -2.08. The highest BCUT2D eigenvalue weighted by molar-refractivity contribution is 7.99. The minimum Gasteiger partial charge on any atom is -0.462 e. The van der Waals surface area contributed by atoms with Crippen LogP contribution in [0.2, 0.25) is 0 Å². The molecule has 0 aliphatic heterocycles. The zero-order valence-electron chi connectivity index (χ0n) is 12.6. The van der Waals surface area contributed by atoms with Crippen LogP contribution in [0.3, 0.4) is 0 Å². The number of esters is 1. The zero-order chi connectivity index (χ0) is 16.2. The molecule has 116 valence electrons. The number of ether oxygens (including phenoxy) is 1. The molecule has 2 aromatic heterocycles. The van der Waals surface area contributed by atoms with Gasteiger partial charge in [0.05, 0.1) is 17.7 Å². The fraction of sp³-hybridized carbons (Fsp3) is 0.111. The van der Waals surface area contributed by atoms with E-state index in [1.54, 1.807) is 41.8 Å². The number of carbonyl (C=O) groups excluding carboxylic acids is 1. The Morgan fingerprint density at radius 2 is 2.00 bits per heavy atom. The summed E-state index contributed by atoms with van der Waals surface area (Å²) in [6.45, 7) is 2.13. The second kappa shape index (κ2) is 6.71. The summed E-state index contributed by atoms with van der Waals surface area (Å²) in [5.41, 5.74) is 1.30. The maximum atomic E-state index is 11.9. The summed E-state index contributed by atoms with van der Waals surface area (Å²) in [5, 5.41) is 0. The Balaban J connectivity index is 1.97. The highest BCUT2D eigenvalue weighted by atomic mass is 32.2.